The van der Waals surface area contributed by atoms with Crippen molar-refractivity contribution in [3.05, 3.63) is 101 Å². The molecule has 0 radical (unpaired) electrons. The van der Waals surface area contributed by atoms with Crippen LogP contribution in [0.2, 0.25) is 0 Å². The number of aromatic nitrogens is 4. The molecule has 19 nitrogen and oxygen atoms in total. The number of hydrogen-bond donors (Lipinski definition) is 5. The van der Waals surface area contributed by atoms with Crippen molar-refractivity contribution in [2.45, 2.75) is 83.0 Å². The Morgan fingerprint density at radius 3 is 2.36 bits per heavy atom. The van der Waals surface area contributed by atoms with E-state index in [0.717, 1.165) is 93.7 Å². The molecule has 1 unspecified atom stereocenters. The van der Waals surface area contributed by atoms with Crippen LogP contribution in [0.15, 0.2) is 73.1 Å². The zero-order valence-electron chi connectivity index (χ0n) is 40.8. The van der Waals surface area contributed by atoms with Gasteiger partial charge in [0.1, 0.15) is 23.2 Å². The highest BCUT2D eigenvalue weighted by atomic mass is 19.4. The lowest BCUT2D eigenvalue weighted by Gasteiger charge is -2.36. The maximum Gasteiger partial charge on any atom is 0.416 e. The fourth-order valence-corrected chi connectivity index (χ4v) is 9.57. The molecule has 388 valence electrons. The molecule has 2 aromatic carbocycles. The van der Waals surface area contributed by atoms with Gasteiger partial charge in [-0.25, -0.2) is 9.97 Å². The molecule has 3 fully saturated rings. The van der Waals surface area contributed by atoms with Gasteiger partial charge in [0.15, 0.2) is 0 Å². The van der Waals surface area contributed by atoms with Crippen LogP contribution in [0.3, 0.4) is 0 Å². The zero-order valence-corrected chi connectivity index (χ0v) is 40.8. The maximum atomic E-state index is 13.0. The molecule has 22 heteroatoms. The molecule has 6 N–H and O–H groups in total. The minimum Gasteiger partial charge on any atom is -0.383 e. The van der Waals surface area contributed by atoms with Crippen molar-refractivity contribution < 1.29 is 46.7 Å². The average Bonchev–Trinajstić information content (AvgIpc) is 3.95. The molecule has 74 heavy (non-hydrogen) atoms. The molecule has 1 saturated carbocycles. The van der Waals surface area contributed by atoms with E-state index in [0.29, 0.717) is 58.2 Å². The van der Waals surface area contributed by atoms with E-state index < -0.39 is 41.4 Å². The molecule has 9 rings (SSSR count). The van der Waals surface area contributed by atoms with E-state index in [9.17, 15) is 46.7 Å². The molecule has 6 heterocycles. The van der Waals surface area contributed by atoms with Gasteiger partial charge in [0.25, 0.3) is 17.7 Å². The number of halogens is 3. The third-order valence-corrected chi connectivity index (χ3v) is 13.5. The zero-order chi connectivity index (χ0) is 52.5. The highest BCUT2D eigenvalue weighted by molar-refractivity contribution is 6.23. The second-order valence-corrected chi connectivity index (χ2v) is 18.6. The summed E-state index contributed by atoms with van der Waals surface area (Å²) in [5.41, 5.74) is 9.54. The Kier molecular flexibility index (Phi) is 16.4. The number of carbonyl (C=O) groups excluding carboxylic acids is 7. The molecule has 7 amide bonds. The van der Waals surface area contributed by atoms with Crippen LogP contribution in [-0.2, 0) is 25.4 Å². The molecule has 3 aromatic heterocycles. The number of H-pyrrole nitrogens is 1. The minimum atomic E-state index is -4.56. The van der Waals surface area contributed by atoms with Gasteiger partial charge in [-0.05, 0) is 81.1 Å². The first-order valence-corrected chi connectivity index (χ1v) is 24.7. The number of nitrogens with two attached hydrogens (primary N) is 1. The molecule has 0 spiro atoms. The van der Waals surface area contributed by atoms with Gasteiger partial charge in [0, 0.05) is 80.0 Å². The first-order chi connectivity index (χ1) is 35.6. The number of nitrogen functional groups attached to an aromatic ring is 1. The molecule has 4 aliphatic rings. The number of nitrogens with one attached hydrogen (secondary N) is 4. The summed E-state index contributed by atoms with van der Waals surface area (Å²) in [4.78, 5) is 101. The van der Waals surface area contributed by atoms with Gasteiger partial charge in [0.05, 0.1) is 34.3 Å². The van der Waals surface area contributed by atoms with E-state index >= 15 is 0 Å². The summed E-state index contributed by atoms with van der Waals surface area (Å²) >= 11 is 0. The van der Waals surface area contributed by atoms with Crippen molar-refractivity contribution in [2.75, 3.05) is 61.8 Å². The van der Waals surface area contributed by atoms with Crippen LogP contribution < -0.4 is 26.6 Å². The smallest absolute Gasteiger partial charge is 0.383 e. The van der Waals surface area contributed by atoms with Crippen LogP contribution in [0.1, 0.15) is 107 Å². The SMILES string of the molecule is CCCN1CCN(c2ccc3c(c2)C(=O)N(C2CCC(=O)NC2=O)C3=O)CC1.Nc1ncc(/C=C/CCN(C=O)CC(=O)NC2CCCCC2)c2n[nH]c(-c3ccc(C(=O)Nc4cc(C(F)(F)F)ccn4)cc3)c12. The molecule has 2 saturated heterocycles. The van der Waals surface area contributed by atoms with E-state index in [4.69, 9.17) is 5.73 Å². The Morgan fingerprint density at radius 2 is 1.66 bits per heavy atom. The quantitative estimate of drug-likeness (QED) is 0.0615. The number of amides is 7. The van der Waals surface area contributed by atoms with Crippen LogP contribution in [0.5, 0.6) is 0 Å². The molecule has 1 atom stereocenters. The number of aromatic amines is 1. The van der Waals surface area contributed by atoms with Crippen LogP contribution in [-0.4, -0.2) is 135 Å². The van der Waals surface area contributed by atoms with E-state index in [1.54, 1.807) is 30.5 Å². The number of pyridine rings is 2. The highest BCUT2D eigenvalue weighted by Gasteiger charge is 2.45. The second kappa shape index (κ2) is 23.2. The summed E-state index contributed by atoms with van der Waals surface area (Å²) < 4.78 is 39.0. The monoisotopic (exact) mass is 1020 g/mol. The number of piperazine rings is 1. The third kappa shape index (κ3) is 12.2. The van der Waals surface area contributed by atoms with Crippen LogP contribution in [0.4, 0.5) is 30.5 Å². The number of fused-ring (bicyclic) bond motifs is 2. The van der Waals surface area contributed by atoms with Gasteiger partial charge in [-0.1, -0.05) is 50.5 Å². The number of piperidine rings is 1. The Bertz CT molecular complexity index is 2950. The summed E-state index contributed by atoms with van der Waals surface area (Å²) in [6.07, 6.45) is 9.63. The first kappa shape index (κ1) is 52.3. The van der Waals surface area contributed by atoms with Crippen molar-refractivity contribution in [3.8, 4) is 11.3 Å². The molecule has 5 aromatic rings. The fraction of sp³-hybridized carbons (Fsp3) is 0.385. The van der Waals surface area contributed by atoms with Crippen molar-refractivity contribution >= 4 is 76.2 Å². The summed E-state index contributed by atoms with van der Waals surface area (Å²) in [5, 5.41) is 15.6. The van der Waals surface area contributed by atoms with Crippen molar-refractivity contribution in [1.29, 1.82) is 0 Å². The number of hydrogen-bond acceptors (Lipinski definition) is 13. The number of benzene rings is 2. The molecule has 0 bridgehead atoms. The van der Waals surface area contributed by atoms with E-state index in [1.165, 1.54) is 23.5 Å². The van der Waals surface area contributed by atoms with Gasteiger partial charge < -0.3 is 26.2 Å². The lowest BCUT2D eigenvalue weighted by Crippen LogP contribution is -2.54. The predicted octanol–water partition coefficient (Wildman–Crippen LogP) is 5.80. The number of rotatable bonds is 15. The number of anilines is 3. The van der Waals surface area contributed by atoms with Gasteiger partial charge in [-0.15, -0.1) is 0 Å². The minimum absolute atomic E-state index is 0.00677. The van der Waals surface area contributed by atoms with Gasteiger partial charge >= 0.3 is 6.18 Å². The second-order valence-electron chi connectivity index (χ2n) is 18.6. The third-order valence-electron chi connectivity index (χ3n) is 13.5. The summed E-state index contributed by atoms with van der Waals surface area (Å²) in [7, 11) is 0. The Morgan fingerprint density at radius 1 is 0.919 bits per heavy atom. The van der Waals surface area contributed by atoms with E-state index in [1.807, 2.05) is 18.2 Å². The topological polar surface area (TPSA) is 249 Å². The number of imide groups is 2. The maximum absolute atomic E-state index is 13.0. The first-order valence-electron chi connectivity index (χ1n) is 24.7. The summed E-state index contributed by atoms with van der Waals surface area (Å²) in [6, 6.07) is 12.5. The number of nitrogens with zero attached hydrogens (tertiary/aromatic N) is 7. The Hall–Kier alpha value is -8.01. The van der Waals surface area contributed by atoms with Gasteiger partial charge in [0.2, 0.25) is 24.1 Å². The summed E-state index contributed by atoms with van der Waals surface area (Å²) in [5.74, 6) is -2.64. The van der Waals surface area contributed by atoms with Crippen LogP contribution in [0.25, 0.3) is 28.2 Å². The van der Waals surface area contributed by atoms with Crippen molar-refractivity contribution in [3.63, 3.8) is 0 Å². The van der Waals surface area contributed by atoms with Crippen molar-refractivity contribution in [2.24, 2.45) is 0 Å². The number of alkyl halides is 3. The molecular formula is C52H57F3N12O7. The molecular weight excluding hydrogens is 962 g/mol. The van der Waals surface area contributed by atoms with E-state index in [-0.39, 0.29) is 54.4 Å². The Labute approximate surface area is 424 Å². The van der Waals surface area contributed by atoms with Gasteiger partial charge in [-0.3, -0.25) is 53.8 Å². The van der Waals surface area contributed by atoms with E-state index in [2.05, 4.69) is 52.8 Å². The number of carbonyl (C=O) groups is 7. The fourth-order valence-electron chi connectivity index (χ4n) is 9.57. The van der Waals surface area contributed by atoms with Gasteiger partial charge in [-0.2, -0.15) is 18.3 Å². The lowest BCUT2D eigenvalue weighted by atomic mass is 9.95. The molecule has 1 aliphatic carbocycles. The average molecular weight is 1020 g/mol. The van der Waals surface area contributed by atoms with Crippen LogP contribution >= 0.6 is 0 Å². The highest BCUT2D eigenvalue weighted by Crippen LogP contribution is 2.34. The standard InChI is InChI=1S/C32H33F3N8O3.C20H24N4O4/c33-32(34,35)23-13-14-37-25(16-23)40-31(46)21-11-9-20(10-12-21)28-27-29(42-41-28)22(17-38-30(27)36)6-4-5-15-43(19-44)18-26(45)39-24-7-2-1-3-8-24;1-2-7-22-8-10-23(11-9-22)13-3-4-14-15(12-13)20(28)24(19(14)27)16-5-6-17(25)21-18(16)26/h4,6,9-14,16-17,19,24H,1-3,5,7-8,15,18H2,(H2,36,38)(H,39,45)(H,41,42)(H,37,40,46);3-4,12,16H,2,5-11H2,1H3,(H,21,25,26)/b6-4+;. The largest absolute Gasteiger partial charge is 0.416 e. The normalized spacial score (nSPS) is 17.5. The predicted molar refractivity (Wildman–Crippen MR) is 269 cm³/mol. The summed E-state index contributed by atoms with van der Waals surface area (Å²) in [6.45, 7) is 7.32. The lowest BCUT2D eigenvalue weighted by molar-refractivity contribution is -0.138. The Balaban J connectivity index is 0.000000221. The van der Waals surface area contributed by atoms with Crippen LogP contribution in [0, 0.1) is 0 Å². The van der Waals surface area contributed by atoms with Crippen molar-refractivity contribution in [1.82, 2.24) is 45.5 Å². The molecule has 3 aliphatic heterocycles.